The number of likely N-dealkylation sites (tertiary alicyclic amines) is 1. The summed E-state index contributed by atoms with van der Waals surface area (Å²) >= 11 is 0. The number of methoxy groups -OCH3 is 1. The number of benzene rings is 2. The van der Waals surface area contributed by atoms with Crippen molar-refractivity contribution in [2.75, 3.05) is 20.2 Å². The number of hydrogen-bond acceptors (Lipinski definition) is 3. The molecule has 2 aromatic rings. The third-order valence-electron chi connectivity index (χ3n) is 4.81. The van der Waals surface area contributed by atoms with Crippen LogP contribution in [0.4, 0.5) is 0 Å². The molecule has 0 radical (unpaired) electrons. The molecule has 3 rings (SSSR count). The minimum absolute atomic E-state index is 0.164. The van der Waals surface area contributed by atoms with E-state index in [0.29, 0.717) is 17.9 Å². The fraction of sp³-hybridized carbons (Fsp3) is 0.300. The van der Waals surface area contributed by atoms with Crippen molar-refractivity contribution in [1.82, 2.24) is 4.90 Å². The fourth-order valence-corrected chi connectivity index (χ4v) is 3.39. The maximum atomic E-state index is 12.8. The van der Waals surface area contributed by atoms with Crippen LogP contribution in [-0.2, 0) is 4.79 Å². The Balaban J connectivity index is 1.86. The lowest BCUT2D eigenvalue weighted by Crippen LogP contribution is -2.29. The van der Waals surface area contributed by atoms with Crippen molar-refractivity contribution >= 4 is 11.9 Å². The zero-order valence-electron chi connectivity index (χ0n) is 14.3. The first-order valence-electron chi connectivity index (χ1n) is 8.23. The third kappa shape index (κ3) is 3.36. The molecule has 130 valence electrons. The number of amides is 1. The van der Waals surface area contributed by atoms with Crippen LogP contribution in [0.25, 0.3) is 0 Å². The summed E-state index contributed by atoms with van der Waals surface area (Å²) in [4.78, 5) is 26.2. The molecule has 1 fully saturated rings. The van der Waals surface area contributed by atoms with Crippen LogP contribution in [0, 0.1) is 12.8 Å². The van der Waals surface area contributed by atoms with Gasteiger partial charge in [-0.3, -0.25) is 9.59 Å². The Hall–Kier alpha value is -2.82. The zero-order chi connectivity index (χ0) is 18.0. The molecule has 0 aromatic heterocycles. The summed E-state index contributed by atoms with van der Waals surface area (Å²) < 4.78 is 5.28. The van der Waals surface area contributed by atoms with Gasteiger partial charge in [0.05, 0.1) is 13.0 Å². The van der Waals surface area contributed by atoms with Gasteiger partial charge < -0.3 is 14.7 Å². The Labute approximate surface area is 146 Å². The molecule has 0 spiro atoms. The topological polar surface area (TPSA) is 66.8 Å². The van der Waals surface area contributed by atoms with E-state index in [9.17, 15) is 14.7 Å². The summed E-state index contributed by atoms with van der Waals surface area (Å²) in [5, 5.41) is 9.58. The summed E-state index contributed by atoms with van der Waals surface area (Å²) in [6.45, 7) is 2.52. The average Bonchev–Trinajstić information content (AvgIpc) is 3.08. The lowest BCUT2D eigenvalue weighted by atomic mass is 9.89. The lowest BCUT2D eigenvalue weighted by molar-refractivity contribution is -0.141. The van der Waals surface area contributed by atoms with Crippen LogP contribution in [-0.4, -0.2) is 42.1 Å². The molecule has 1 aliphatic heterocycles. The molecule has 0 aliphatic carbocycles. The molecule has 1 amide bonds. The first-order chi connectivity index (χ1) is 12.0. The number of carboxylic acid groups (broad SMARTS) is 1. The second kappa shape index (κ2) is 6.97. The Bertz CT molecular complexity index is 788. The van der Waals surface area contributed by atoms with E-state index < -0.39 is 11.9 Å². The van der Waals surface area contributed by atoms with Gasteiger partial charge in [0.15, 0.2) is 0 Å². The molecule has 0 bridgehead atoms. The molecular weight excluding hydrogens is 318 g/mol. The van der Waals surface area contributed by atoms with Crippen molar-refractivity contribution in [3.8, 4) is 5.75 Å². The molecule has 0 unspecified atom stereocenters. The third-order valence-corrected chi connectivity index (χ3v) is 4.81. The van der Waals surface area contributed by atoms with E-state index in [1.165, 1.54) is 0 Å². The van der Waals surface area contributed by atoms with Gasteiger partial charge in [0.1, 0.15) is 5.75 Å². The van der Waals surface area contributed by atoms with Gasteiger partial charge in [-0.15, -0.1) is 0 Å². The maximum Gasteiger partial charge on any atom is 0.308 e. The van der Waals surface area contributed by atoms with Gasteiger partial charge in [0.25, 0.3) is 5.91 Å². The molecule has 1 heterocycles. The van der Waals surface area contributed by atoms with E-state index in [2.05, 4.69) is 0 Å². The Morgan fingerprint density at radius 1 is 1.12 bits per heavy atom. The molecule has 0 saturated carbocycles. The smallest absolute Gasteiger partial charge is 0.308 e. The van der Waals surface area contributed by atoms with Crippen LogP contribution in [0.3, 0.4) is 0 Å². The minimum Gasteiger partial charge on any atom is -0.496 e. The predicted molar refractivity (Wildman–Crippen MR) is 93.9 cm³/mol. The highest BCUT2D eigenvalue weighted by Gasteiger charge is 2.40. The standard InChI is InChI=1S/C20H21NO4/c1-13-8-9-15(10-18(13)25-2)19(22)21-11-16(17(12-21)20(23)24)14-6-4-3-5-7-14/h3-10,16-17H,11-12H2,1-2H3,(H,23,24)/t16-,17-/m0/s1. The monoisotopic (exact) mass is 339 g/mol. The van der Waals surface area contributed by atoms with Gasteiger partial charge in [0, 0.05) is 24.6 Å². The largest absolute Gasteiger partial charge is 0.496 e. The number of carboxylic acids is 1. The number of nitrogens with zero attached hydrogens (tertiary/aromatic N) is 1. The maximum absolute atomic E-state index is 12.8. The molecule has 1 saturated heterocycles. The van der Waals surface area contributed by atoms with Crippen molar-refractivity contribution in [3.05, 3.63) is 65.2 Å². The fourth-order valence-electron chi connectivity index (χ4n) is 3.39. The van der Waals surface area contributed by atoms with E-state index in [-0.39, 0.29) is 18.4 Å². The van der Waals surface area contributed by atoms with E-state index in [1.54, 1.807) is 24.1 Å². The average molecular weight is 339 g/mol. The molecule has 1 N–H and O–H groups in total. The van der Waals surface area contributed by atoms with Crippen molar-refractivity contribution in [2.45, 2.75) is 12.8 Å². The van der Waals surface area contributed by atoms with Crippen LogP contribution in [0.15, 0.2) is 48.5 Å². The molecule has 2 aromatic carbocycles. The highest BCUT2D eigenvalue weighted by Crippen LogP contribution is 2.34. The normalized spacial score (nSPS) is 19.7. The molecule has 5 heteroatoms. The van der Waals surface area contributed by atoms with Crippen molar-refractivity contribution in [1.29, 1.82) is 0 Å². The van der Waals surface area contributed by atoms with Crippen LogP contribution in [0.2, 0.25) is 0 Å². The highest BCUT2D eigenvalue weighted by atomic mass is 16.5. The number of hydrogen-bond donors (Lipinski definition) is 1. The molecule has 5 nitrogen and oxygen atoms in total. The van der Waals surface area contributed by atoms with E-state index >= 15 is 0 Å². The second-order valence-electron chi connectivity index (χ2n) is 6.36. The van der Waals surface area contributed by atoms with Gasteiger partial charge in [-0.2, -0.15) is 0 Å². The van der Waals surface area contributed by atoms with E-state index in [0.717, 1.165) is 11.1 Å². The molecule has 2 atom stereocenters. The lowest BCUT2D eigenvalue weighted by Gasteiger charge is -2.17. The number of rotatable bonds is 4. The van der Waals surface area contributed by atoms with Gasteiger partial charge in [-0.25, -0.2) is 0 Å². The number of carbonyl (C=O) groups is 2. The van der Waals surface area contributed by atoms with Crippen LogP contribution in [0.5, 0.6) is 5.75 Å². The van der Waals surface area contributed by atoms with Gasteiger partial charge in [0.2, 0.25) is 0 Å². The summed E-state index contributed by atoms with van der Waals surface area (Å²) in [6.07, 6.45) is 0. The van der Waals surface area contributed by atoms with Gasteiger partial charge in [-0.05, 0) is 30.2 Å². The zero-order valence-corrected chi connectivity index (χ0v) is 14.3. The van der Waals surface area contributed by atoms with Crippen molar-refractivity contribution in [2.24, 2.45) is 5.92 Å². The first kappa shape index (κ1) is 17.0. The summed E-state index contributed by atoms with van der Waals surface area (Å²) in [7, 11) is 1.57. The van der Waals surface area contributed by atoms with E-state index in [4.69, 9.17) is 4.74 Å². The minimum atomic E-state index is -0.870. The van der Waals surface area contributed by atoms with Crippen LogP contribution in [0.1, 0.15) is 27.4 Å². The number of carbonyl (C=O) groups excluding carboxylic acids is 1. The van der Waals surface area contributed by atoms with Crippen molar-refractivity contribution in [3.63, 3.8) is 0 Å². The van der Waals surface area contributed by atoms with Crippen LogP contribution >= 0.6 is 0 Å². The second-order valence-corrected chi connectivity index (χ2v) is 6.36. The SMILES string of the molecule is COc1cc(C(=O)N2C[C@H](C(=O)O)[C@H](c3ccccc3)C2)ccc1C. The Morgan fingerprint density at radius 2 is 1.84 bits per heavy atom. The summed E-state index contributed by atoms with van der Waals surface area (Å²) in [6, 6.07) is 14.8. The van der Waals surface area contributed by atoms with E-state index in [1.807, 2.05) is 43.3 Å². The van der Waals surface area contributed by atoms with Crippen molar-refractivity contribution < 1.29 is 19.4 Å². The molecule has 1 aliphatic rings. The Morgan fingerprint density at radius 3 is 2.48 bits per heavy atom. The first-order valence-corrected chi connectivity index (χ1v) is 8.23. The van der Waals surface area contributed by atoms with Crippen LogP contribution < -0.4 is 4.74 Å². The quantitative estimate of drug-likeness (QED) is 0.930. The number of aliphatic carboxylic acids is 1. The molecule has 25 heavy (non-hydrogen) atoms. The highest BCUT2D eigenvalue weighted by molar-refractivity contribution is 5.95. The number of aryl methyl sites for hydroxylation is 1. The summed E-state index contributed by atoms with van der Waals surface area (Å²) in [5.41, 5.74) is 2.41. The summed E-state index contributed by atoms with van der Waals surface area (Å²) in [5.74, 6) is -1.18. The van der Waals surface area contributed by atoms with Gasteiger partial charge >= 0.3 is 5.97 Å². The predicted octanol–water partition coefficient (Wildman–Crippen LogP) is 2.94. The van der Waals surface area contributed by atoms with Gasteiger partial charge in [-0.1, -0.05) is 36.4 Å². The Kier molecular flexibility index (Phi) is 4.74. The molecular formula is C20H21NO4. The number of ether oxygens (including phenoxy) is 1.